The zero-order valence-corrected chi connectivity index (χ0v) is 14.9. The molecule has 6 atom stereocenters. The van der Waals surface area contributed by atoms with Crippen LogP contribution >= 0.6 is 0 Å². The highest BCUT2D eigenvalue weighted by Gasteiger charge is 2.48. The minimum absolute atomic E-state index is 0.413. The van der Waals surface area contributed by atoms with Crippen molar-refractivity contribution in [3.8, 4) is 0 Å². The molecule has 5 unspecified atom stereocenters. The molecule has 0 aromatic carbocycles. The summed E-state index contributed by atoms with van der Waals surface area (Å²) >= 11 is 0. The van der Waals surface area contributed by atoms with Gasteiger partial charge in [-0.25, -0.2) is 4.79 Å². The minimum Gasteiger partial charge on any atom is -0.481 e. The molecule has 12 heteroatoms. The van der Waals surface area contributed by atoms with E-state index < -0.39 is 79.5 Å². The fourth-order valence-electron chi connectivity index (χ4n) is 2.57. The van der Waals surface area contributed by atoms with Gasteiger partial charge in [-0.2, -0.15) is 0 Å². The molecule has 0 saturated carbocycles. The lowest BCUT2D eigenvalue weighted by molar-refractivity contribution is -0.318. The SMILES string of the molecule is CC(C)[C@H](NCC1(O)OCC(O)C(O)C1O)C(=O)NC(CC(=O)O)C(=O)O. The maximum atomic E-state index is 12.4. The zero-order chi connectivity index (χ0) is 20.9. The number of nitrogens with one attached hydrogen (secondary N) is 2. The van der Waals surface area contributed by atoms with Crippen molar-refractivity contribution in [2.24, 2.45) is 5.92 Å². The van der Waals surface area contributed by atoms with Gasteiger partial charge in [-0.05, 0) is 5.92 Å². The Morgan fingerprint density at radius 1 is 1.19 bits per heavy atom. The van der Waals surface area contributed by atoms with Gasteiger partial charge in [0.2, 0.25) is 11.7 Å². The summed E-state index contributed by atoms with van der Waals surface area (Å²) in [5.74, 6) is -6.45. The summed E-state index contributed by atoms with van der Waals surface area (Å²) in [5, 5.41) is 61.8. The third-order valence-electron chi connectivity index (χ3n) is 4.20. The van der Waals surface area contributed by atoms with Crippen molar-refractivity contribution in [1.82, 2.24) is 10.6 Å². The van der Waals surface area contributed by atoms with Gasteiger partial charge in [0.1, 0.15) is 24.4 Å². The summed E-state index contributed by atoms with van der Waals surface area (Å²) in [5.41, 5.74) is 0. The fraction of sp³-hybridized carbons (Fsp3) is 0.800. The highest BCUT2D eigenvalue weighted by Crippen LogP contribution is 2.23. The third kappa shape index (κ3) is 6.09. The number of hydrogen-bond acceptors (Lipinski definition) is 9. The van der Waals surface area contributed by atoms with Gasteiger partial charge in [0.25, 0.3) is 0 Å². The second-order valence-corrected chi connectivity index (χ2v) is 6.76. The van der Waals surface area contributed by atoms with E-state index in [1.165, 1.54) is 0 Å². The Morgan fingerprint density at radius 3 is 2.26 bits per heavy atom. The Morgan fingerprint density at radius 2 is 1.78 bits per heavy atom. The standard InChI is InChI=1S/C15H26N2O10/c1-6(2)10(13(23)17-7(14(24)25)3-9(19)20)16-5-15(26)12(22)11(21)8(18)4-27-15/h6-8,10-12,16,18,21-22,26H,3-5H2,1-2H3,(H,17,23)(H,19,20)(H,24,25)/t7?,8?,10-,11?,12?,15?/m0/s1. The van der Waals surface area contributed by atoms with E-state index in [9.17, 15) is 34.8 Å². The molecule has 8 N–H and O–H groups in total. The van der Waals surface area contributed by atoms with Crippen molar-refractivity contribution < 1.29 is 49.8 Å². The topological polar surface area (TPSA) is 206 Å². The van der Waals surface area contributed by atoms with E-state index in [-0.39, 0.29) is 0 Å². The largest absolute Gasteiger partial charge is 0.481 e. The van der Waals surface area contributed by atoms with Gasteiger partial charge in [-0.1, -0.05) is 13.8 Å². The Balaban J connectivity index is 2.79. The maximum Gasteiger partial charge on any atom is 0.326 e. The first-order chi connectivity index (χ1) is 12.4. The van der Waals surface area contributed by atoms with Crippen molar-refractivity contribution in [2.75, 3.05) is 13.2 Å². The number of rotatable bonds is 9. The summed E-state index contributed by atoms with van der Waals surface area (Å²) in [4.78, 5) is 34.2. The monoisotopic (exact) mass is 394 g/mol. The van der Waals surface area contributed by atoms with Gasteiger partial charge in [0, 0.05) is 0 Å². The van der Waals surface area contributed by atoms with Crippen LogP contribution in [-0.4, -0.2) is 97.8 Å². The van der Waals surface area contributed by atoms with Crippen LogP contribution < -0.4 is 10.6 Å². The van der Waals surface area contributed by atoms with Gasteiger partial charge in [-0.15, -0.1) is 0 Å². The van der Waals surface area contributed by atoms with Crippen LogP contribution in [0.1, 0.15) is 20.3 Å². The lowest BCUT2D eigenvalue weighted by Gasteiger charge is -2.42. The molecule has 0 bridgehead atoms. The Labute approximate surface area is 154 Å². The predicted octanol–water partition coefficient (Wildman–Crippen LogP) is -3.55. The van der Waals surface area contributed by atoms with Crippen molar-refractivity contribution in [2.45, 2.75) is 56.5 Å². The highest BCUT2D eigenvalue weighted by molar-refractivity contribution is 5.89. The average Bonchev–Trinajstić information content (AvgIpc) is 2.55. The molecule has 0 radical (unpaired) electrons. The van der Waals surface area contributed by atoms with Crippen LogP contribution in [0.3, 0.4) is 0 Å². The van der Waals surface area contributed by atoms with E-state index in [0.29, 0.717) is 0 Å². The molecular formula is C15H26N2O10. The van der Waals surface area contributed by atoms with Crippen LogP contribution in [0.4, 0.5) is 0 Å². The Hall–Kier alpha value is -1.83. The van der Waals surface area contributed by atoms with Crippen molar-refractivity contribution in [3.63, 3.8) is 0 Å². The summed E-state index contributed by atoms with van der Waals surface area (Å²) < 4.78 is 4.97. The molecule has 1 aliphatic heterocycles. The molecule has 0 aromatic heterocycles. The number of aliphatic carboxylic acids is 2. The van der Waals surface area contributed by atoms with Crippen LogP contribution in [0.2, 0.25) is 0 Å². The van der Waals surface area contributed by atoms with E-state index >= 15 is 0 Å². The molecule has 0 aromatic rings. The summed E-state index contributed by atoms with van der Waals surface area (Å²) in [6.07, 6.45) is -5.73. The molecule has 1 rings (SSSR count). The smallest absolute Gasteiger partial charge is 0.326 e. The molecule has 1 aliphatic rings. The second kappa shape index (κ2) is 9.39. The molecule has 27 heavy (non-hydrogen) atoms. The maximum absolute atomic E-state index is 12.4. The number of carboxylic acids is 2. The Bertz CT molecular complexity index is 557. The number of aliphatic hydroxyl groups is 4. The highest BCUT2D eigenvalue weighted by atomic mass is 16.6. The van der Waals surface area contributed by atoms with Crippen LogP contribution in [0, 0.1) is 5.92 Å². The Kier molecular flexibility index (Phi) is 8.07. The van der Waals surface area contributed by atoms with E-state index in [1.54, 1.807) is 13.8 Å². The number of hydrogen-bond donors (Lipinski definition) is 8. The lowest BCUT2D eigenvalue weighted by Crippen LogP contribution is -2.66. The van der Waals surface area contributed by atoms with Gasteiger partial charge >= 0.3 is 11.9 Å². The number of carboxylic acid groups (broad SMARTS) is 2. The molecule has 0 spiro atoms. The first-order valence-corrected chi connectivity index (χ1v) is 8.28. The number of amides is 1. The van der Waals surface area contributed by atoms with E-state index in [0.717, 1.165) is 0 Å². The second-order valence-electron chi connectivity index (χ2n) is 6.76. The van der Waals surface area contributed by atoms with Crippen molar-refractivity contribution in [3.05, 3.63) is 0 Å². The van der Waals surface area contributed by atoms with Gasteiger partial charge in [0.05, 0.1) is 25.6 Å². The molecule has 1 saturated heterocycles. The first kappa shape index (κ1) is 23.2. The molecule has 1 amide bonds. The summed E-state index contributed by atoms with van der Waals surface area (Å²) in [6, 6.07) is -2.71. The van der Waals surface area contributed by atoms with Crippen molar-refractivity contribution >= 4 is 17.8 Å². The molecule has 0 aliphatic carbocycles. The number of aliphatic hydroxyl groups excluding tert-OH is 3. The number of carbonyl (C=O) groups is 3. The fourth-order valence-corrected chi connectivity index (χ4v) is 2.57. The minimum atomic E-state index is -2.29. The summed E-state index contributed by atoms with van der Waals surface area (Å²) in [7, 11) is 0. The first-order valence-electron chi connectivity index (χ1n) is 8.28. The van der Waals surface area contributed by atoms with Crippen LogP contribution in [0.5, 0.6) is 0 Å². The van der Waals surface area contributed by atoms with E-state index in [4.69, 9.17) is 14.9 Å². The number of ether oxygens (including phenoxy) is 1. The van der Waals surface area contributed by atoms with Gasteiger partial charge in [-0.3, -0.25) is 9.59 Å². The van der Waals surface area contributed by atoms with Crippen LogP contribution in [-0.2, 0) is 19.1 Å². The third-order valence-corrected chi connectivity index (χ3v) is 4.20. The van der Waals surface area contributed by atoms with Crippen LogP contribution in [0.15, 0.2) is 0 Å². The number of carbonyl (C=O) groups excluding carboxylic acids is 1. The normalized spacial score (nSPS) is 30.6. The van der Waals surface area contributed by atoms with Crippen LogP contribution in [0.25, 0.3) is 0 Å². The molecule has 1 heterocycles. The van der Waals surface area contributed by atoms with E-state index in [1.807, 2.05) is 0 Å². The molecular weight excluding hydrogens is 368 g/mol. The quantitative estimate of drug-likeness (QED) is 0.192. The molecule has 12 nitrogen and oxygen atoms in total. The van der Waals surface area contributed by atoms with Crippen molar-refractivity contribution in [1.29, 1.82) is 0 Å². The predicted molar refractivity (Wildman–Crippen MR) is 87.4 cm³/mol. The molecule has 1 fully saturated rings. The van der Waals surface area contributed by atoms with Gasteiger partial charge in [0.15, 0.2) is 0 Å². The van der Waals surface area contributed by atoms with Gasteiger partial charge < -0.3 is 46.0 Å². The molecule has 156 valence electrons. The summed E-state index contributed by atoms with van der Waals surface area (Å²) in [6.45, 7) is 2.26. The lowest BCUT2D eigenvalue weighted by atomic mass is 9.95. The zero-order valence-electron chi connectivity index (χ0n) is 14.9. The van der Waals surface area contributed by atoms with E-state index in [2.05, 4.69) is 10.6 Å². The average molecular weight is 394 g/mol.